The fourth-order valence-corrected chi connectivity index (χ4v) is 1.51. The molecule has 0 saturated carbocycles. The van der Waals surface area contributed by atoms with E-state index in [-0.39, 0.29) is 12.1 Å². The predicted molar refractivity (Wildman–Crippen MR) is 69.2 cm³/mol. The minimum absolute atomic E-state index is 0.0814. The molecule has 0 heterocycles. The lowest BCUT2D eigenvalue weighted by molar-refractivity contribution is -0.145. The molecule has 0 saturated heterocycles. The maximum atomic E-state index is 11.2. The Hall–Kier alpha value is -0.140. The molecule has 0 spiro atoms. The zero-order valence-electron chi connectivity index (χ0n) is 10.5. The van der Waals surface area contributed by atoms with E-state index in [0.717, 1.165) is 12.8 Å². The van der Waals surface area contributed by atoms with Crippen molar-refractivity contribution in [2.24, 2.45) is 0 Å². The third-order valence-corrected chi connectivity index (χ3v) is 2.91. The van der Waals surface area contributed by atoms with Gasteiger partial charge in [0, 0.05) is 9.47 Å². The van der Waals surface area contributed by atoms with Crippen LogP contribution in [0.2, 0.25) is 0 Å². The van der Waals surface area contributed by atoms with E-state index in [1.807, 2.05) is 6.92 Å². The molecule has 16 heavy (non-hydrogen) atoms. The fourth-order valence-electron chi connectivity index (χ4n) is 1.41. The van der Waals surface area contributed by atoms with Crippen LogP contribution in [0, 0.1) is 0 Å². The van der Waals surface area contributed by atoms with Crippen molar-refractivity contribution in [2.75, 3.05) is 6.61 Å². The van der Waals surface area contributed by atoms with Gasteiger partial charge in [0.05, 0.1) is 19.1 Å². The number of ether oxygens (including phenoxy) is 1. The van der Waals surface area contributed by atoms with Crippen LogP contribution in [0.1, 0.15) is 58.8 Å². The van der Waals surface area contributed by atoms with Crippen LogP contribution in [0.3, 0.4) is 0 Å². The van der Waals surface area contributed by atoms with E-state index in [0.29, 0.717) is 13.0 Å². The zero-order valence-corrected chi connectivity index (χ0v) is 11.7. The molecule has 3 nitrogen and oxygen atoms in total. The fraction of sp³-hybridized carbons (Fsp3) is 0.917. The summed E-state index contributed by atoms with van der Waals surface area (Å²) in [5, 5.41) is 0. The second kappa shape index (κ2) is 11.3. The highest BCUT2D eigenvalue weighted by molar-refractivity contribution is 7.09. The second-order valence-electron chi connectivity index (χ2n) is 4.14. The van der Waals surface area contributed by atoms with Crippen molar-refractivity contribution in [3.63, 3.8) is 0 Å². The minimum Gasteiger partial charge on any atom is -0.466 e. The van der Waals surface area contributed by atoms with E-state index >= 15 is 0 Å². The Kier molecular flexibility index (Phi) is 11.2. The van der Waals surface area contributed by atoms with Gasteiger partial charge >= 0.3 is 5.97 Å². The van der Waals surface area contributed by atoms with Gasteiger partial charge < -0.3 is 9.26 Å². The molecule has 0 aromatic heterocycles. The Labute approximate surface area is 102 Å². The molecule has 0 aromatic carbocycles. The summed E-state index contributed by atoms with van der Waals surface area (Å²) in [7, 11) is 2.16. The summed E-state index contributed by atoms with van der Waals surface area (Å²) >= 11 is 0. The molecule has 0 aliphatic heterocycles. The summed E-state index contributed by atoms with van der Waals surface area (Å²) in [6.07, 6.45) is 7.50. The van der Waals surface area contributed by atoms with Gasteiger partial charge in [-0.05, 0) is 13.3 Å². The number of unbranched alkanes of at least 4 members (excludes halogenated alkanes) is 5. The topological polar surface area (TPSA) is 35.5 Å². The highest BCUT2D eigenvalue weighted by Gasteiger charge is 2.08. The SMILES string of the molecule is CCCCCCCCOC(=O)CC(C)OP. The molecule has 2 unspecified atom stereocenters. The molecule has 0 aliphatic rings. The quantitative estimate of drug-likeness (QED) is 0.337. The van der Waals surface area contributed by atoms with E-state index in [4.69, 9.17) is 9.26 Å². The normalized spacial score (nSPS) is 12.4. The number of rotatable bonds is 10. The summed E-state index contributed by atoms with van der Waals surface area (Å²) in [5.74, 6) is -0.163. The van der Waals surface area contributed by atoms with Gasteiger partial charge in [0.15, 0.2) is 0 Å². The standard InChI is InChI=1S/C12H25O3P/c1-3-4-5-6-7-8-9-14-12(13)10-11(2)15-16/h11H,3-10,16H2,1-2H3. The van der Waals surface area contributed by atoms with Crippen molar-refractivity contribution in [3.8, 4) is 0 Å². The van der Waals surface area contributed by atoms with Gasteiger partial charge in [-0.3, -0.25) is 4.79 Å². The van der Waals surface area contributed by atoms with E-state index in [1.165, 1.54) is 25.7 Å². The second-order valence-corrected chi connectivity index (χ2v) is 4.41. The van der Waals surface area contributed by atoms with Gasteiger partial charge in [0.2, 0.25) is 0 Å². The molecule has 4 heteroatoms. The smallest absolute Gasteiger partial charge is 0.308 e. The lowest BCUT2D eigenvalue weighted by Crippen LogP contribution is -2.13. The highest BCUT2D eigenvalue weighted by atomic mass is 31.0. The van der Waals surface area contributed by atoms with Crippen LogP contribution in [-0.4, -0.2) is 18.7 Å². The molecule has 0 bridgehead atoms. The van der Waals surface area contributed by atoms with Gasteiger partial charge in [0.1, 0.15) is 0 Å². The first kappa shape index (κ1) is 15.9. The summed E-state index contributed by atoms with van der Waals surface area (Å²) in [4.78, 5) is 11.2. The Morgan fingerprint density at radius 3 is 2.44 bits per heavy atom. The van der Waals surface area contributed by atoms with E-state index in [2.05, 4.69) is 16.4 Å². The first-order valence-electron chi connectivity index (χ1n) is 6.21. The van der Waals surface area contributed by atoms with Crippen LogP contribution in [0.15, 0.2) is 0 Å². The monoisotopic (exact) mass is 248 g/mol. The third-order valence-electron chi connectivity index (χ3n) is 2.45. The molecule has 0 radical (unpaired) electrons. The van der Waals surface area contributed by atoms with E-state index in [9.17, 15) is 4.79 Å². The number of hydrogen-bond acceptors (Lipinski definition) is 3. The lowest BCUT2D eigenvalue weighted by Gasteiger charge is -2.08. The van der Waals surface area contributed by atoms with Gasteiger partial charge in [-0.25, -0.2) is 0 Å². The number of hydrogen-bond donors (Lipinski definition) is 0. The summed E-state index contributed by atoms with van der Waals surface area (Å²) < 4.78 is 10.0. The van der Waals surface area contributed by atoms with Crippen LogP contribution >= 0.6 is 9.47 Å². The first-order valence-corrected chi connectivity index (χ1v) is 6.69. The summed E-state index contributed by atoms with van der Waals surface area (Å²) in [5.41, 5.74) is 0. The molecular formula is C12H25O3P. The van der Waals surface area contributed by atoms with Crippen molar-refractivity contribution in [1.82, 2.24) is 0 Å². The molecule has 0 aromatic rings. The van der Waals surface area contributed by atoms with Crippen LogP contribution in [-0.2, 0) is 14.1 Å². The van der Waals surface area contributed by atoms with Crippen molar-refractivity contribution >= 4 is 15.4 Å². The molecular weight excluding hydrogens is 223 g/mol. The molecule has 0 fully saturated rings. The van der Waals surface area contributed by atoms with Crippen LogP contribution < -0.4 is 0 Å². The predicted octanol–water partition coefficient (Wildman–Crippen LogP) is 3.48. The highest BCUT2D eigenvalue weighted by Crippen LogP contribution is 2.06. The number of carbonyl (C=O) groups excluding carboxylic acids is 1. The molecule has 0 amide bonds. The van der Waals surface area contributed by atoms with Gasteiger partial charge in [-0.15, -0.1) is 0 Å². The maximum absolute atomic E-state index is 11.2. The molecule has 0 rings (SSSR count). The molecule has 0 aliphatic carbocycles. The van der Waals surface area contributed by atoms with Gasteiger partial charge in [0.25, 0.3) is 0 Å². The summed E-state index contributed by atoms with van der Waals surface area (Å²) in [6, 6.07) is 0. The molecule has 0 N–H and O–H groups in total. The summed E-state index contributed by atoms with van der Waals surface area (Å²) in [6.45, 7) is 4.60. The number of esters is 1. The first-order chi connectivity index (χ1) is 7.70. The third kappa shape index (κ3) is 10.4. The van der Waals surface area contributed by atoms with Crippen molar-refractivity contribution in [3.05, 3.63) is 0 Å². The van der Waals surface area contributed by atoms with Crippen molar-refractivity contribution in [1.29, 1.82) is 0 Å². The average Bonchev–Trinajstić information content (AvgIpc) is 2.27. The minimum atomic E-state index is -0.163. The van der Waals surface area contributed by atoms with Gasteiger partial charge in [-0.2, -0.15) is 0 Å². The largest absolute Gasteiger partial charge is 0.466 e. The van der Waals surface area contributed by atoms with Crippen LogP contribution in [0.25, 0.3) is 0 Å². The zero-order chi connectivity index (χ0) is 12.2. The van der Waals surface area contributed by atoms with Crippen LogP contribution in [0.5, 0.6) is 0 Å². The van der Waals surface area contributed by atoms with E-state index < -0.39 is 0 Å². The van der Waals surface area contributed by atoms with Crippen molar-refractivity contribution in [2.45, 2.75) is 64.9 Å². The van der Waals surface area contributed by atoms with E-state index in [1.54, 1.807) is 0 Å². The van der Waals surface area contributed by atoms with Crippen molar-refractivity contribution < 1.29 is 14.1 Å². The lowest BCUT2D eigenvalue weighted by atomic mass is 10.1. The Morgan fingerprint density at radius 2 is 1.81 bits per heavy atom. The van der Waals surface area contributed by atoms with Gasteiger partial charge in [-0.1, -0.05) is 39.0 Å². The maximum Gasteiger partial charge on any atom is 0.308 e. The molecule has 2 atom stereocenters. The number of carbonyl (C=O) groups is 1. The van der Waals surface area contributed by atoms with Crippen LogP contribution in [0.4, 0.5) is 0 Å². The Morgan fingerprint density at radius 1 is 1.19 bits per heavy atom. The Balaban J connectivity index is 3.21. The Bertz CT molecular complexity index is 174. The molecule has 96 valence electrons. The average molecular weight is 248 g/mol.